The van der Waals surface area contributed by atoms with Crippen molar-refractivity contribution in [1.29, 1.82) is 0 Å². The number of aryl methyl sites for hydroxylation is 1. The average Bonchev–Trinajstić information content (AvgIpc) is 3.14. The Balaban J connectivity index is 1.74. The fraction of sp³-hybridized carbons (Fsp3) is 0.278. The van der Waals surface area contributed by atoms with Gasteiger partial charge in [-0.15, -0.1) is 5.10 Å². The summed E-state index contributed by atoms with van der Waals surface area (Å²) >= 11 is 1.19. The van der Waals surface area contributed by atoms with Crippen molar-refractivity contribution in [3.63, 3.8) is 0 Å². The smallest absolute Gasteiger partial charge is 0.416 e. The predicted octanol–water partition coefficient (Wildman–Crippen LogP) is 3.82. The molecule has 0 saturated carbocycles. The minimum Gasteiger partial charge on any atom is -0.494 e. The highest BCUT2D eigenvalue weighted by molar-refractivity contribution is 7.99. The van der Waals surface area contributed by atoms with Crippen molar-refractivity contribution in [2.24, 2.45) is 0 Å². The van der Waals surface area contributed by atoms with Crippen LogP contribution in [0.25, 0.3) is 5.69 Å². The van der Waals surface area contributed by atoms with Crippen LogP contribution in [-0.4, -0.2) is 38.2 Å². The van der Waals surface area contributed by atoms with E-state index in [0.29, 0.717) is 22.2 Å². The van der Waals surface area contributed by atoms with Crippen molar-refractivity contribution in [1.82, 2.24) is 20.2 Å². The first-order valence-corrected chi connectivity index (χ1v) is 9.19. The minimum absolute atomic E-state index is 0.167. The highest BCUT2D eigenvalue weighted by atomic mass is 32.2. The van der Waals surface area contributed by atoms with E-state index in [-0.39, 0.29) is 5.75 Å². The second kappa shape index (κ2) is 8.19. The number of rotatable bonds is 6. The third-order valence-electron chi connectivity index (χ3n) is 4.00. The number of halogens is 3. The van der Waals surface area contributed by atoms with E-state index >= 15 is 0 Å². The first-order chi connectivity index (χ1) is 13.3. The molecule has 3 aromatic rings. The molecule has 148 valence electrons. The van der Waals surface area contributed by atoms with Crippen molar-refractivity contribution in [3.8, 4) is 11.4 Å². The van der Waals surface area contributed by atoms with Crippen molar-refractivity contribution < 1.29 is 23.0 Å². The van der Waals surface area contributed by atoms with Gasteiger partial charge in [-0.1, -0.05) is 30.0 Å². The molecule has 1 atom stereocenters. The van der Waals surface area contributed by atoms with Gasteiger partial charge in [0.15, 0.2) is 0 Å². The Morgan fingerprint density at radius 3 is 2.54 bits per heavy atom. The number of aromatic nitrogens is 4. The zero-order valence-electron chi connectivity index (χ0n) is 15.0. The summed E-state index contributed by atoms with van der Waals surface area (Å²) in [5, 5.41) is 22.3. The SMILES string of the molecule is COc1ccc(C)cc1-n1nnnc1SCC(O)c1ccc(C(F)(F)F)cc1. The van der Waals surface area contributed by atoms with E-state index < -0.39 is 17.8 Å². The normalized spacial score (nSPS) is 12.8. The standard InChI is InChI=1S/C18H17F3N4O2S/c1-11-3-8-16(27-2)14(9-11)25-17(22-23-24-25)28-10-15(26)12-4-6-13(7-5-12)18(19,20)21/h3-9,15,26H,10H2,1-2H3. The van der Waals surface area contributed by atoms with Gasteiger partial charge in [0.25, 0.3) is 0 Å². The van der Waals surface area contributed by atoms with Crippen LogP contribution in [0.5, 0.6) is 5.75 Å². The molecule has 1 aromatic heterocycles. The van der Waals surface area contributed by atoms with Gasteiger partial charge in [0.05, 0.1) is 18.8 Å². The Morgan fingerprint density at radius 2 is 1.89 bits per heavy atom. The predicted molar refractivity (Wildman–Crippen MR) is 97.6 cm³/mol. The highest BCUT2D eigenvalue weighted by Gasteiger charge is 2.30. The third-order valence-corrected chi connectivity index (χ3v) is 4.99. The van der Waals surface area contributed by atoms with Crippen LogP contribution in [0.15, 0.2) is 47.6 Å². The van der Waals surface area contributed by atoms with Crippen LogP contribution in [0.2, 0.25) is 0 Å². The monoisotopic (exact) mass is 410 g/mol. The Labute approximate surface area is 163 Å². The Hall–Kier alpha value is -2.59. The second-order valence-electron chi connectivity index (χ2n) is 6.00. The van der Waals surface area contributed by atoms with Crippen LogP contribution in [0, 0.1) is 6.92 Å². The van der Waals surface area contributed by atoms with Crippen molar-refractivity contribution in [2.75, 3.05) is 12.9 Å². The molecule has 3 rings (SSSR count). The number of aliphatic hydroxyl groups is 1. The molecule has 2 aromatic carbocycles. The maximum Gasteiger partial charge on any atom is 0.416 e. The van der Waals surface area contributed by atoms with Gasteiger partial charge < -0.3 is 9.84 Å². The summed E-state index contributed by atoms with van der Waals surface area (Å²) in [6.07, 6.45) is -5.38. The van der Waals surface area contributed by atoms with E-state index in [1.54, 1.807) is 13.2 Å². The number of ether oxygens (including phenoxy) is 1. The molecule has 1 N–H and O–H groups in total. The van der Waals surface area contributed by atoms with E-state index in [1.807, 2.05) is 19.1 Å². The lowest BCUT2D eigenvalue weighted by Gasteiger charge is -2.13. The number of hydrogen-bond acceptors (Lipinski definition) is 6. The fourth-order valence-corrected chi connectivity index (χ4v) is 3.38. The van der Waals surface area contributed by atoms with Crippen LogP contribution < -0.4 is 4.74 Å². The van der Waals surface area contributed by atoms with Gasteiger partial charge in [-0.3, -0.25) is 0 Å². The van der Waals surface area contributed by atoms with Crippen LogP contribution >= 0.6 is 11.8 Å². The number of tetrazole rings is 1. The summed E-state index contributed by atoms with van der Waals surface area (Å²) in [4.78, 5) is 0. The number of hydrogen-bond donors (Lipinski definition) is 1. The fourth-order valence-electron chi connectivity index (χ4n) is 2.53. The molecule has 1 unspecified atom stereocenters. The molecule has 6 nitrogen and oxygen atoms in total. The van der Waals surface area contributed by atoms with Crippen molar-refractivity contribution in [3.05, 3.63) is 59.2 Å². The molecule has 10 heteroatoms. The zero-order valence-corrected chi connectivity index (χ0v) is 15.8. The molecular weight excluding hydrogens is 393 g/mol. The van der Waals surface area contributed by atoms with Gasteiger partial charge in [-0.05, 0) is 52.7 Å². The van der Waals surface area contributed by atoms with Crippen LogP contribution in [0.3, 0.4) is 0 Å². The van der Waals surface area contributed by atoms with Gasteiger partial charge >= 0.3 is 6.18 Å². The van der Waals surface area contributed by atoms with Gasteiger partial charge in [-0.25, -0.2) is 0 Å². The second-order valence-corrected chi connectivity index (χ2v) is 6.98. The first-order valence-electron chi connectivity index (χ1n) is 8.21. The Kier molecular flexibility index (Phi) is 5.90. The number of methoxy groups -OCH3 is 1. The number of alkyl halides is 3. The van der Waals surface area contributed by atoms with E-state index in [2.05, 4.69) is 15.5 Å². The molecule has 0 aliphatic carbocycles. The third kappa shape index (κ3) is 4.45. The topological polar surface area (TPSA) is 73.1 Å². The summed E-state index contributed by atoms with van der Waals surface area (Å²) in [6, 6.07) is 9.99. The molecule has 0 spiro atoms. The van der Waals surface area contributed by atoms with Crippen LogP contribution in [0.1, 0.15) is 22.8 Å². The average molecular weight is 410 g/mol. The van der Waals surface area contributed by atoms with E-state index in [4.69, 9.17) is 4.74 Å². The number of nitrogens with zero attached hydrogens (tertiary/aromatic N) is 4. The van der Waals surface area contributed by atoms with Crippen LogP contribution in [0.4, 0.5) is 13.2 Å². The quantitative estimate of drug-likeness (QED) is 0.623. The molecule has 0 aliphatic rings. The first kappa shape index (κ1) is 20.2. The summed E-state index contributed by atoms with van der Waals surface area (Å²) in [6.45, 7) is 1.93. The van der Waals surface area contributed by atoms with E-state index in [1.165, 1.54) is 28.6 Å². The van der Waals surface area contributed by atoms with Gasteiger partial charge in [-0.2, -0.15) is 17.9 Å². The largest absolute Gasteiger partial charge is 0.494 e. The zero-order chi connectivity index (χ0) is 20.3. The lowest BCUT2D eigenvalue weighted by atomic mass is 10.1. The Bertz CT molecular complexity index is 945. The molecule has 0 fully saturated rings. The molecule has 0 bridgehead atoms. The molecule has 0 amide bonds. The summed E-state index contributed by atoms with van der Waals surface area (Å²) in [5.74, 6) is 0.753. The minimum atomic E-state index is -4.41. The lowest BCUT2D eigenvalue weighted by molar-refractivity contribution is -0.137. The van der Waals surface area contributed by atoms with Gasteiger partial charge in [0, 0.05) is 5.75 Å². The van der Waals surface area contributed by atoms with Crippen molar-refractivity contribution in [2.45, 2.75) is 24.4 Å². The summed E-state index contributed by atoms with van der Waals surface area (Å²) in [7, 11) is 1.54. The number of aliphatic hydroxyl groups excluding tert-OH is 1. The number of thioether (sulfide) groups is 1. The summed E-state index contributed by atoms with van der Waals surface area (Å²) in [5.41, 5.74) is 1.27. The molecule has 0 saturated heterocycles. The van der Waals surface area contributed by atoms with E-state index in [0.717, 1.165) is 17.7 Å². The highest BCUT2D eigenvalue weighted by Crippen LogP contribution is 2.32. The lowest BCUT2D eigenvalue weighted by Crippen LogP contribution is -2.07. The van der Waals surface area contributed by atoms with Gasteiger partial charge in [0.2, 0.25) is 5.16 Å². The maximum atomic E-state index is 12.6. The van der Waals surface area contributed by atoms with Crippen molar-refractivity contribution >= 4 is 11.8 Å². The maximum absolute atomic E-state index is 12.6. The van der Waals surface area contributed by atoms with Gasteiger partial charge in [0.1, 0.15) is 11.4 Å². The number of benzene rings is 2. The molecular formula is C18H17F3N4O2S. The molecule has 28 heavy (non-hydrogen) atoms. The molecule has 1 heterocycles. The van der Waals surface area contributed by atoms with Crippen LogP contribution in [-0.2, 0) is 6.18 Å². The summed E-state index contributed by atoms with van der Waals surface area (Å²) < 4.78 is 44.8. The Morgan fingerprint density at radius 1 is 1.18 bits per heavy atom. The molecule has 0 aliphatic heterocycles. The molecule has 0 radical (unpaired) electrons. The van der Waals surface area contributed by atoms with E-state index in [9.17, 15) is 18.3 Å².